The Hall–Kier alpha value is -2.62. The van der Waals surface area contributed by atoms with E-state index in [1.54, 1.807) is 0 Å². The van der Waals surface area contributed by atoms with Crippen LogP contribution in [0.4, 0.5) is 0 Å². The van der Waals surface area contributed by atoms with Crippen LogP contribution in [0.2, 0.25) is 0 Å². The summed E-state index contributed by atoms with van der Waals surface area (Å²) >= 11 is 0. The van der Waals surface area contributed by atoms with Crippen molar-refractivity contribution in [2.24, 2.45) is 11.8 Å². The summed E-state index contributed by atoms with van der Waals surface area (Å²) in [4.78, 5) is 24.9. The van der Waals surface area contributed by atoms with Gasteiger partial charge in [0.05, 0.1) is 11.8 Å². The first-order valence-corrected chi connectivity index (χ1v) is 7.54. The van der Waals surface area contributed by atoms with Crippen LogP contribution in [-0.4, -0.2) is 11.8 Å². The Kier molecular flexibility index (Phi) is 2.16. The average molecular weight is 290 g/mol. The molecule has 22 heavy (non-hydrogen) atoms. The van der Waals surface area contributed by atoms with E-state index in [0.29, 0.717) is 0 Å². The molecule has 0 spiro atoms. The SMILES string of the molecule is O=C1NNC(=O)[C@H]2C3c4ccccc4C(c4ccccc43)[C@@H]12. The van der Waals surface area contributed by atoms with Crippen molar-refractivity contribution in [1.29, 1.82) is 0 Å². The van der Waals surface area contributed by atoms with Crippen LogP contribution in [-0.2, 0) is 9.59 Å². The van der Waals surface area contributed by atoms with Gasteiger partial charge in [0.1, 0.15) is 0 Å². The van der Waals surface area contributed by atoms with Crippen molar-refractivity contribution in [2.75, 3.05) is 0 Å². The highest BCUT2D eigenvalue weighted by Crippen LogP contribution is 2.58. The van der Waals surface area contributed by atoms with Gasteiger partial charge >= 0.3 is 0 Å². The van der Waals surface area contributed by atoms with E-state index >= 15 is 0 Å². The van der Waals surface area contributed by atoms with Crippen LogP contribution in [0.5, 0.6) is 0 Å². The number of benzene rings is 2. The second-order valence-electron chi connectivity index (χ2n) is 6.24. The predicted molar refractivity (Wildman–Crippen MR) is 79.8 cm³/mol. The van der Waals surface area contributed by atoms with Crippen molar-refractivity contribution in [3.8, 4) is 0 Å². The number of carbonyl (C=O) groups excluding carboxylic acids is 2. The van der Waals surface area contributed by atoms with Gasteiger partial charge in [-0.3, -0.25) is 20.4 Å². The lowest BCUT2D eigenvalue weighted by atomic mass is 9.53. The second kappa shape index (κ2) is 3.97. The molecule has 1 fully saturated rings. The summed E-state index contributed by atoms with van der Waals surface area (Å²) in [7, 11) is 0. The third-order valence-corrected chi connectivity index (χ3v) is 5.35. The molecule has 2 bridgehead atoms. The van der Waals surface area contributed by atoms with E-state index in [9.17, 15) is 9.59 Å². The molecule has 4 nitrogen and oxygen atoms in total. The lowest BCUT2D eigenvalue weighted by molar-refractivity contribution is -0.145. The molecule has 2 aromatic carbocycles. The van der Waals surface area contributed by atoms with Gasteiger partial charge in [0.15, 0.2) is 0 Å². The maximum atomic E-state index is 12.5. The van der Waals surface area contributed by atoms with Gasteiger partial charge in [0.2, 0.25) is 11.8 Å². The zero-order valence-electron chi connectivity index (χ0n) is 11.7. The van der Waals surface area contributed by atoms with Gasteiger partial charge in [-0.15, -0.1) is 0 Å². The number of hydrogen-bond acceptors (Lipinski definition) is 2. The Morgan fingerprint density at radius 3 is 1.23 bits per heavy atom. The maximum Gasteiger partial charge on any atom is 0.243 e. The van der Waals surface area contributed by atoms with Gasteiger partial charge in [-0.05, 0) is 22.3 Å². The van der Waals surface area contributed by atoms with E-state index in [4.69, 9.17) is 0 Å². The van der Waals surface area contributed by atoms with Gasteiger partial charge in [-0.2, -0.15) is 0 Å². The zero-order chi connectivity index (χ0) is 14.8. The standard InChI is InChI=1S/C18H14N2O2/c21-17-15-13-9-5-1-2-6-10(9)14(16(15)18(22)20-19-17)12-8-4-3-7-11(12)13/h1-8,13-16H,(H,19,21)(H,20,22)/t13?,14?,15-,16+. The lowest BCUT2D eigenvalue weighted by Gasteiger charge is -2.50. The zero-order valence-corrected chi connectivity index (χ0v) is 11.7. The van der Waals surface area contributed by atoms with Gasteiger partial charge in [0, 0.05) is 11.8 Å². The topological polar surface area (TPSA) is 58.2 Å². The van der Waals surface area contributed by atoms with E-state index in [1.807, 2.05) is 24.3 Å². The van der Waals surface area contributed by atoms with Gasteiger partial charge < -0.3 is 0 Å². The summed E-state index contributed by atoms with van der Waals surface area (Å²) in [6.07, 6.45) is 0. The molecule has 2 atom stereocenters. The van der Waals surface area contributed by atoms with Gasteiger partial charge in [-0.1, -0.05) is 48.5 Å². The van der Waals surface area contributed by atoms with Crippen LogP contribution >= 0.6 is 0 Å². The fourth-order valence-electron chi connectivity index (χ4n) is 4.60. The molecular formula is C18H14N2O2. The Bertz CT molecular complexity index is 714. The largest absolute Gasteiger partial charge is 0.273 e. The Labute approximate surface area is 127 Å². The highest BCUT2D eigenvalue weighted by atomic mass is 16.2. The van der Waals surface area contributed by atoms with E-state index < -0.39 is 0 Å². The third kappa shape index (κ3) is 1.28. The molecule has 1 heterocycles. The molecule has 1 aliphatic heterocycles. The molecule has 1 saturated heterocycles. The van der Waals surface area contributed by atoms with Crippen LogP contribution in [0.1, 0.15) is 34.1 Å². The summed E-state index contributed by atoms with van der Waals surface area (Å²) in [5.74, 6) is -0.860. The fraction of sp³-hybridized carbons (Fsp3) is 0.222. The number of nitrogens with one attached hydrogen (secondary N) is 2. The monoisotopic (exact) mass is 290 g/mol. The number of rotatable bonds is 0. The first-order chi connectivity index (χ1) is 10.8. The number of carbonyl (C=O) groups is 2. The first-order valence-electron chi connectivity index (χ1n) is 7.54. The van der Waals surface area contributed by atoms with Crippen LogP contribution in [0.25, 0.3) is 0 Å². The molecule has 2 amide bonds. The molecule has 108 valence electrons. The lowest BCUT2D eigenvalue weighted by Crippen LogP contribution is -2.62. The highest BCUT2D eigenvalue weighted by Gasteiger charge is 2.56. The molecule has 4 aliphatic rings. The molecule has 4 heteroatoms. The minimum atomic E-state index is -0.316. The molecule has 2 N–H and O–H groups in total. The molecule has 0 radical (unpaired) electrons. The molecule has 0 saturated carbocycles. The Balaban J connectivity index is 1.85. The Morgan fingerprint density at radius 1 is 0.591 bits per heavy atom. The summed E-state index contributed by atoms with van der Waals surface area (Å²) in [6, 6.07) is 16.4. The van der Waals surface area contributed by atoms with Crippen molar-refractivity contribution >= 4 is 11.8 Å². The molecule has 0 unspecified atom stereocenters. The van der Waals surface area contributed by atoms with Gasteiger partial charge in [0.25, 0.3) is 0 Å². The highest BCUT2D eigenvalue weighted by molar-refractivity contribution is 5.96. The summed E-state index contributed by atoms with van der Waals surface area (Å²) < 4.78 is 0. The van der Waals surface area contributed by atoms with E-state index in [1.165, 1.54) is 22.3 Å². The minimum absolute atomic E-state index is 0.0338. The predicted octanol–water partition coefficient (Wildman–Crippen LogP) is 1.67. The van der Waals surface area contributed by atoms with Crippen molar-refractivity contribution in [3.05, 3.63) is 70.8 Å². The quantitative estimate of drug-likeness (QED) is 0.775. The van der Waals surface area contributed by atoms with Crippen molar-refractivity contribution in [2.45, 2.75) is 11.8 Å². The molecular weight excluding hydrogens is 276 g/mol. The number of hydrogen-bond donors (Lipinski definition) is 2. The average Bonchev–Trinajstić information content (AvgIpc) is 2.58. The first kappa shape index (κ1) is 12.0. The maximum absolute atomic E-state index is 12.5. The smallest absolute Gasteiger partial charge is 0.243 e. The van der Waals surface area contributed by atoms with Crippen molar-refractivity contribution in [3.63, 3.8) is 0 Å². The van der Waals surface area contributed by atoms with Crippen molar-refractivity contribution in [1.82, 2.24) is 10.9 Å². The molecule has 3 aliphatic carbocycles. The van der Waals surface area contributed by atoms with Crippen LogP contribution in [0.15, 0.2) is 48.5 Å². The summed E-state index contributed by atoms with van der Waals surface area (Å²) in [5, 5.41) is 0. The van der Waals surface area contributed by atoms with Gasteiger partial charge in [-0.25, -0.2) is 0 Å². The number of amides is 2. The summed E-state index contributed by atoms with van der Waals surface area (Å²) in [6.45, 7) is 0. The van der Waals surface area contributed by atoms with Crippen molar-refractivity contribution < 1.29 is 9.59 Å². The van der Waals surface area contributed by atoms with E-state index in [0.717, 1.165) is 0 Å². The molecule has 2 aromatic rings. The fourth-order valence-corrected chi connectivity index (χ4v) is 4.60. The number of hydrazine groups is 1. The Morgan fingerprint density at radius 2 is 0.909 bits per heavy atom. The van der Waals surface area contributed by atoms with Crippen LogP contribution in [0, 0.1) is 11.8 Å². The summed E-state index contributed by atoms with van der Waals surface area (Å²) in [5.41, 5.74) is 9.85. The molecule has 0 aromatic heterocycles. The minimum Gasteiger partial charge on any atom is -0.273 e. The third-order valence-electron chi connectivity index (χ3n) is 5.35. The normalized spacial score (nSPS) is 30.7. The van der Waals surface area contributed by atoms with Crippen LogP contribution in [0.3, 0.4) is 0 Å². The van der Waals surface area contributed by atoms with E-state index in [2.05, 4.69) is 35.1 Å². The van der Waals surface area contributed by atoms with E-state index in [-0.39, 0.29) is 35.5 Å². The molecule has 6 rings (SSSR count). The second-order valence-corrected chi connectivity index (χ2v) is 6.24. The van der Waals surface area contributed by atoms with Crippen LogP contribution < -0.4 is 10.9 Å².